The van der Waals surface area contributed by atoms with Crippen LogP contribution in [0.1, 0.15) is 40.4 Å². The number of aryl methyl sites for hydroxylation is 3. The number of aliphatic hydroxyl groups excluding tert-OH is 1. The van der Waals surface area contributed by atoms with Crippen molar-refractivity contribution in [3.63, 3.8) is 0 Å². The number of hydrogen-bond donors (Lipinski definition) is 1. The number of nitrogens with zero attached hydrogens (tertiary/aromatic N) is 3. The number of fused-ring (bicyclic) bond motifs is 1. The molecule has 0 saturated carbocycles. The second-order valence-corrected chi connectivity index (χ2v) is 6.85. The van der Waals surface area contributed by atoms with Gasteiger partial charge >= 0.3 is 0 Å². The standard InChI is InChI=1S/C19H21N3O4/c1-10-8-14(12(3)25-10)16-9-15(17-11(2)21-26-18(17)20-16)19(24)22-6-4-13(23)5-7-22/h8-9,13,23H,4-7H2,1-3H3. The third-order valence-corrected chi connectivity index (χ3v) is 4.92. The van der Waals surface area contributed by atoms with Crippen molar-refractivity contribution in [1.82, 2.24) is 15.0 Å². The molecule has 1 aliphatic heterocycles. The molecule has 1 amide bonds. The molecule has 26 heavy (non-hydrogen) atoms. The number of aromatic nitrogens is 2. The van der Waals surface area contributed by atoms with Crippen molar-refractivity contribution in [3.05, 3.63) is 34.9 Å². The maximum absolute atomic E-state index is 13.2. The van der Waals surface area contributed by atoms with Crippen LogP contribution in [0.4, 0.5) is 0 Å². The average molecular weight is 355 g/mol. The lowest BCUT2D eigenvalue weighted by Crippen LogP contribution is -2.40. The van der Waals surface area contributed by atoms with Crippen LogP contribution < -0.4 is 0 Å². The third-order valence-electron chi connectivity index (χ3n) is 4.92. The Bertz CT molecular complexity index is 980. The fraction of sp³-hybridized carbons (Fsp3) is 0.421. The molecule has 3 aromatic heterocycles. The van der Waals surface area contributed by atoms with Crippen molar-refractivity contribution in [2.45, 2.75) is 39.7 Å². The van der Waals surface area contributed by atoms with Crippen LogP contribution in [0.15, 0.2) is 21.1 Å². The number of carbonyl (C=O) groups excluding carboxylic acids is 1. The molecule has 3 aromatic rings. The van der Waals surface area contributed by atoms with Gasteiger partial charge in [-0.1, -0.05) is 5.16 Å². The van der Waals surface area contributed by atoms with Crippen LogP contribution in [0.2, 0.25) is 0 Å². The molecule has 1 fully saturated rings. The maximum Gasteiger partial charge on any atom is 0.259 e. The van der Waals surface area contributed by atoms with E-state index in [4.69, 9.17) is 8.94 Å². The smallest absolute Gasteiger partial charge is 0.259 e. The number of rotatable bonds is 2. The van der Waals surface area contributed by atoms with Gasteiger partial charge in [-0.15, -0.1) is 0 Å². The molecule has 0 bridgehead atoms. The Morgan fingerprint density at radius 2 is 1.96 bits per heavy atom. The lowest BCUT2D eigenvalue weighted by atomic mass is 10.0. The lowest BCUT2D eigenvalue weighted by Gasteiger charge is -2.29. The number of carbonyl (C=O) groups is 1. The minimum Gasteiger partial charge on any atom is -0.466 e. The highest BCUT2D eigenvalue weighted by Gasteiger charge is 2.27. The largest absolute Gasteiger partial charge is 0.466 e. The predicted octanol–water partition coefficient (Wildman–Crippen LogP) is 3.00. The lowest BCUT2D eigenvalue weighted by molar-refractivity contribution is 0.0548. The van der Waals surface area contributed by atoms with E-state index in [0.717, 1.165) is 17.1 Å². The molecule has 0 radical (unpaired) electrons. The highest BCUT2D eigenvalue weighted by atomic mass is 16.5. The number of furan rings is 1. The molecule has 7 heteroatoms. The Hall–Kier alpha value is -2.67. The zero-order chi connectivity index (χ0) is 18.4. The number of amides is 1. The van der Waals surface area contributed by atoms with E-state index in [2.05, 4.69) is 10.1 Å². The summed E-state index contributed by atoms with van der Waals surface area (Å²) in [6.45, 7) is 6.61. The van der Waals surface area contributed by atoms with Crippen molar-refractivity contribution in [2.24, 2.45) is 0 Å². The van der Waals surface area contributed by atoms with Gasteiger partial charge in [0.25, 0.3) is 11.6 Å². The highest BCUT2D eigenvalue weighted by Crippen LogP contribution is 2.31. The minimum atomic E-state index is -0.332. The number of aliphatic hydroxyl groups is 1. The van der Waals surface area contributed by atoms with E-state index in [1.807, 2.05) is 19.9 Å². The van der Waals surface area contributed by atoms with Gasteiger partial charge in [0, 0.05) is 18.7 Å². The average Bonchev–Trinajstić information content (AvgIpc) is 3.16. The Balaban J connectivity index is 1.83. The first-order chi connectivity index (χ1) is 12.4. The summed E-state index contributed by atoms with van der Waals surface area (Å²) in [5.74, 6) is 1.44. The Kier molecular flexibility index (Phi) is 4.03. The summed E-state index contributed by atoms with van der Waals surface area (Å²) in [5, 5.41) is 14.3. The summed E-state index contributed by atoms with van der Waals surface area (Å²) in [5.41, 5.74) is 2.97. The van der Waals surface area contributed by atoms with E-state index in [1.54, 1.807) is 17.9 Å². The van der Waals surface area contributed by atoms with Gasteiger partial charge < -0.3 is 18.9 Å². The third kappa shape index (κ3) is 2.78. The van der Waals surface area contributed by atoms with Gasteiger partial charge in [0.2, 0.25) is 0 Å². The molecule has 136 valence electrons. The number of likely N-dealkylation sites (tertiary alicyclic amines) is 1. The molecule has 1 N–H and O–H groups in total. The molecule has 0 atom stereocenters. The molecule has 0 spiro atoms. The van der Waals surface area contributed by atoms with Gasteiger partial charge in [-0.05, 0) is 45.7 Å². The molecular weight excluding hydrogens is 334 g/mol. The van der Waals surface area contributed by atoms with Crippen molar-refractivity contribution in [3.8, 4) is 11.3 Å². The molecule has 0 aromatic carbocycles. The van der Waals surface area contributed by atoms with E-state index in [-0.39, 0.29) is 12.0 Å². The van der Waals surface area contributed by atoms with Crippen LogP contribution in [0.25, 0.3) is 22.4 Å². The van der Waals surface area contributed by atoms with Gasteiger partial charge in [0.1, 0.15) is 11.5 Å². The van der Waals surface area contributed by atoms with Crippen molar-refractivity contribution in [1.29, 1.82) is 0 Å². The van der Waals surface area contributed by atoms with Crippen molar-refractivity contribution >= 4 is 17.0 Å². The number of piperidine rings is 1. The summed E-state index contributed by atoms with van der Waals surface area (Å²) >= 11 is 0. The van der Waals surface area contributed by atoms with Gasteiger partial charge in [-0.25, -0.2) is 4.98 Å². The topological polar surface area (TPSA) is 92.6 Å². The zero-order valence-corrected chi connectivity index (χ0v) is 15.1. The Morgan fingerprint density at radius 1 is 1.23 bits per heavy atom. The maximum atomic E-state index is 13.2. The first-order valence-corrected chi connectivity index (χ1v) is 8.76. The number of pyridine rings is 1. The first kappa shape index (κ1) is 16.8. The first-order valence-electron chi connectivity index (χ1n) is 8.76. The molecule has 4 heterocycles. The van der Waals surface area contributed by atoms with Crippen molar-refractivity contribution in [2.75, 3.05) is 13.1 Å². The molecule has 0 unspecified atom stereocenters. The summed E-state index contributed by atoms with van der Waals surface area (Å²) in [7, 11) is 0. The Labute approximate surface area is 150 Å². The fourth-order valence-electron chi connectivity index (χ4n) is 3.53. The second-order valence-electron chi connectivity index (χ2n) is 6.85. The van der Waals surface area contributed by atoms with Gasteiger partial charge in [-0.3, -0.25) is 4.79 Å². The van der Waals surface area contributed by atoms with Gasteiger partial charge in [0.15, 0.2) is 0 Å². The predicted molar refractivity (Wildman–Crippen MR) is 94.9 cm³/mol. The van der Waals surface area contributed by atoms with E-state index in [0.29, 0.717) is 54.0 Å². The molecular formula is C19H21N3O4. The zero-order valence-electron chi connectivity index (χ0n) is 15.1. The van der Waals surface area contributed by atoms with Crippen LogP contribution in [0.3, 0.4) is 0 Å². The molecule has 1 saturated heterocycles. The Morgan fingerprint density at radius 3 is 2.62 bits per heavy atom. The van der Waals surface area contributed by atoms with Crippen LogP contribution in [0.5, 0.6) is 0 Å². The quantitative estimate of drug-likeness (QED) is 0.760. The van der Waals surface area contributed by atoms with Crippen LogP contribution in [0, 0.1) is 20.8 Å². The van der Waals surface area contributed by atoms with E-state index in [9.17, 15) is 9.90 Å². The normalized spacial score (nSPS) is 15.8. The van der Waals surface area contributed by atoms with Gasteiger partial charge in [0.05, 0.1) is 28.4 Å². The van der Waals surface area contributed by atoms with Crippen LogP contribution >= 0.6 is 0 Å². The molecule has 7 nitrogen and oxygen atoms in total. The van der Waals surface area contributed by atoms with Crippen LogP contribution in [-0.4, -0.2) is 45.2 Å². The summed E-state index contributed by atoms with van der Waals surface area (Å²) in [4.78, 5) is 19.5. The number of hydrogen-bond acceptors (Lipinski definition) is 6. The van der Waals surface area contributed by atoms with E-state index < -0.39 is 0 Å². The second kappa shape index (κ2) is 6.25. The fourth-order valence-corrected chi connectivity index (χ4v) is 3.53. The summed E-state index contributed by atoms with van der Waals surface area (Å²) in [6.07, 6.45) is 0.853. The summed E-state index contributed by atoms with van der Waals surface area (Å²) in [6, 6.07) is 3.69. The molecule has 4 rings (SSSR count). The highest BCUT2D eigenvalue weighted by molar-refractivity contribution is 6.07. The van der Waals surface area contributed by atoms with Gasteiger partial charge in [-0.2, -0.15) is 0 Å². The van der Waals surface area contributed by atoms with E-state index >= 15 is 0 Å². The minimum absolute atomic E-state index is 0.0882. The monoisotopic (exact) mass is 355 g/mol. The molecule has 0 aliphatic carbocycles. The van der Waals surface area contributed by atoms with Crippen LogP contribution in [-0.2, 0) is 0 Å². The molecule has 1 aliphatic rings. The SMILES string of the molecule is Cc1cc(-c2cc(C(=O)N3CCC(O)CC3)c3c(C)noc3n2)c(C)o1. The summed E-state index contributed by atoms with van der Waals surface area (Å²) < 4.78 is 11.0. The van der Waals surface area contributed by atoms with E-state index in [1.165, 1.54) is 0 Å². The van der Waals surface area contributed by atoms with Crippen molar-refractivity contribution < 1.29 is 18.8 Å².